The zero-order valence-electron chi connectivity index (χ0n) is 13.1. The molecule has 0 fully saturated rings. The molecule has 2 heterocycles. The van der Waals surface area contributed by atoms with E-state index in [-0.39, 0.29) is 16.9 Å². The van der Waals surface area contributed by atoms with Gasteiger partial charge in [0.25, 0.3) is 5.91 Å². The van der Waals surface area contributed by atoms with Gasteiger partial charge in [-0.1, -0.05) is 38.6 Å². The summed E-state index contributed by atoms with van der Waals surface area (Å²) in [5.41, 5.74) is -0.138. The number of aromatic nitrogens is 1. The van der Waals surface area contributed by atoms with Crippen LogP contribution in [0.25, 0.3) is 0 Å². The first-order chi connectivity index (χ1) is 10.6. The van der Waals surface area contributed by atoms with Crippen molar-refractivity contribution in [1.29, 1.82) is 0 Å². The van der Waals surface area contributed by atoms with Gasteiger partial charge in [-0.15, -0.1) is 0 Å². The average molecular weight is 353 g/mol. The Kier molecular flexibility index (Phi) is 5.10. The molecule has 0 saturated heterocycles. The van der Waals surface area contributed by atoms with E-state index in [0.717, 1.165) is 4.57 Å². The number of hydrogen-bond acceptors (Lipinski definition) is 5. The fourth-order valence-electron chi connectivity index (χ4n) is 2.34. The second-order valence-corrected chi connectivity index (χ2v) is 8.40. The molecule has 2 unspecified atom stereocenters. The summed E-state index contributed by atoms with van der Waals surface area (Å²) < 4.78 is 1.12. The van der Waals surface area contributed by atoms with Crippen LogP contribution in [0.1, 0.15) is 42.5 Å². The summed E-state index contributed by atoms with van der Waals surface area (Å²) in [7, 11) is 0. The number of ketones is 1. The highest BCUT2D eigenvalue weighted by atomic mass is 32.2. The van der Waals surface area contributed by atoms with Crippen molar-refractivity contribution in [3.05, 3.63) is 30.0 Å². The van der Waals surface area contributed by atoms with E-state index < -0.39 is 22.4 Å². The largest absolute Gasteiger partial charge is 0.477 e. The van der Waals surface area contributed by atoms with Gasteiger partial charge in [0.2, 0.25) is 0 Å². The lowest BCUT2D eigenvalue weighted by Crippen LogP contribution is -2.28. The number of Topliss-reactive ketones (excluding diaryl/α,β-unsaturated/α-hetero) is 1. The number of fused-ring (bicyclic) bond motifs is 1. The van der Waals surface area contributed by atoms with Crippen LogP contribution >= 0.6 is 24.4 Å². The number of allylic oxidation sites excluding steroid dienone is 1. The lowest BCUT2D eigenvalue weighted by Gasteiger charge is -2.23. The number of thioether (sulfide) groups is 1. The van der Waals surface area contributed by atoms with E-state index in [1.54, 1.807) is 6.07 Å². The topological polar surface area (TPSA) is 76.4 Å². The highest BCUT2D eigenvalue weighted by Crippen LogP contribution is 2.33. The normalized spacial score (nSPS) is 19.1. The molecule has 7 heteroatoms. The van der Waals surface area contributed by atoms with Gasteiger partial charge in [-0.25, -0.2) is 4.79 Å². The molecule has 0 radical (unpaired) electrons. The molecule has 0 bridgehead atoms. The summed E-state index contributed by atoms with van der Waals surface area (Å²) in [4.78, 5) is 35.9. The van der Waals surface area contributed by atoms with E-state index in [2.05, 4.69) is 12.6 Å². The van der Waals surface area contributed by atoms with Crippen molar-refractivity contribution in [2.24, 2.45) is 5.41 Å². The Morgan fingerprint density at radius 2 is 2.04 bits per heavy atom. The monoisotopic (exact) mass is 353 g/mol. The SMILES string of the molecule is CC(C)(C)CC(S)C(=O)C1C=CC(=O)n2c(ccc2C(=O)O)S1. The van der Waals surface area contributed by atoms with E-state index in [1.807, 2.05) is 20.8 Å². The molecular formula is C16H19NO4S2. The smallest absolute Gasteiger partial charge is 0.352 e. The Balaban J connectivity index is 2.27. The average Bonchev–Trinajstić information content (AvgIpc) is 2.77. The maximum atomic E-state index is 12.6. The van der Waals surface area contributed by atoms with Crippen molar-refractivity contribution in [3.63, 3.8) is 0 Å². The number of carboxylic acids is 1. The first-order valence-corrected chi connectivity index (χ1v) is 8.56. The fourth-order valence-corrected chi connectivity index (χ4v) is 4.29. The summed E-state index contributed by atoms with van der Waals surface area (Å²) in [6.07, 6.45) is 3.41. The molecule has 1 aromatic heterocycles. The molecule has 1 aromatic rings. The zero-order valence-corrected chi connectivity index (χ0v) is 14.9. The molecule has 0 spiro atoms. The number of rotatable bonds is 4. The van der Waals surface area contributed by atoms with Crippen LogP contribution in [0.2, 0.25) is 0 Å². The molecule has 0 saturated carbocycles. The summed E-state index contributed by atoms with van der Waals surface area (Å²) >= 11 is 5.59. The second kappa shape index (κ2) is 6.57. The molecule has 1 aliphatic heterocycles. The minimum Gasteiger partial charge on any atom is -0.477 e. The van der Waals surface area contributed by atoms with Crippen LogP contribution in [-0.2, 0) is 4.79 Å². The minimum absolute atomic E-state index is 0.0340. The van der Waals surface area contributed by atoms with Crippen molar-refractivity contribution in [1.82, 2.24) is 4.57 Å². The Hall–Kier alpha value is -1.47. The fraction of sp³-hybridized carbons (Fsp3) is 0.438. The third-order valence-corrected chi connectivity index (χ3v) is 5.00. The molecule has 0 aliphatic carbocycles. The van der Waals surface area contributed by atoms with E-state index in [0.29, 0.717) is 11.4 Å². The van der Waals surface area contributed by atoms with Gasteiger partial charge in [-0.2, -0.15) is 12.6 Å². The molecule has 1 N–H and O–H groups in total. The summed E-state index contributed by atoms with van der Waals surface area (Å²) in [5, 5.41) is 8.60. The Morgan fingerprint density at radius 3 is 2.61 bits per heavy atom. The number of nitrogens with zero attached hydrogens (tertiary/aromatic N) is 1. The molecule has 23 heavy (non-hydrogen) atoms. The van der Waals surface area contributed by atoms with Crippen LogP contribution in [0.4, 0.5) is 0 Å². The lowest BCUT2D eigenvalue weighted by molar-refractivity contribution is -0.117. The number of hydrogen-bond donors (Lipinski definition) is 2. The molecule has 1 aliphatic rings. The molecule has 0 amide bonds. The van der Waals surface area contributed by atoms with Crippen molar-refractivity contribution < 1.29 is 19.5 Å². The van der Waals surface area contributed by atoms with Crippen LogP contribution in [0.5, 0.6) is 0 Å². The number of thiol groups is 1. The van der Waals surface area contributed by atoms with Crippen LogP contribution in [-0.4, -0.2) is 37.8 Å². The number of carbonyl (C=O) groups excluding carboxylic acids is 2. The standard InChI is InChI=1S/C16H19NO4S2/c1-16(2,3)8-10(22)14(19)11-5-6-12(18)17-9(15(20)21)4-7-13(17)23-11/h4-7,10-11,22H,8H2,1-3H3,(H,20,21). The van der Waals surface area contributed by atoms with Crippen molar-refractivity contribution in [2.45, 2.75) is 42.7 Å². The minimum atomic E-state index is -1.18. The van der Waals surface area contributed by atoms with E-state index in [4.69, 9.17) is 5.11 Å². The van der Waals surface area contributed by atoms with Crippen LogP contribution in [0.3, 0.4) is 0 Å². The number of aromatic carboxylic acids is 1. The summed E-state index contributed by atoms with van der Waals surface area (Å²) in [5.74, 6) is -1.72. The predicted octanol–water partition coefficient (Wildman–Crippen LogP) is 3.16. The van der Waals surface area contributed by atoms with E-state index >= 15 is 0 Å². The van der Waals surface area contributed by atoms with Crippen LogP contribution < -0.4 is 0 Å². The third kappa shape index (κ3) is 4.09. The molecule has 5 nitrogen and oxygen atoms in total. The third-order valence-electron chi connectivity index (χ3n) is 3.36. The Bertz CT molecular complexity index is 685. The summed E-state index contributed by atoms with van der Waals surface area (Å²) in [6.45, 7) is 6.11. The van der Waals surface area contributed by atoms with Crippen molar-refractivity contribution >= 4 is 42.1 Å². The first-order valence-electron chi connectivity index (χ1n) is 7.16. The zero-order chi connectivity index (χ0) is 17.4. The quantitative estimate of drug-likeness (QED) is 0.813. The highest BCUT2D eigenvalue weighted by Gasteiger charge is 2.31. The highest BCUT2D eigenvalue weighted by molar-refractivity contribution is 8.00. The van der Waals surface area contributed by atoms with Gasteiger partial charge < -0.3 is 5.11 Å². The Morgan fingerprint density at radius 1 is 1.39 bits per heavy atom. The summed E-state index contributed by atoms with van der Waals surface area (Å²) in [6, 6.07) is 2.92. The van der Waals surface area contributed by atoms with Gasteiger partial charge in [0.15, 0.2) is 5.78 Å². The molecule has 2 atom stereocenters. The van der Waals surface area contributed by atoms with E-state index in [1.165, 1.54) is 30.0 Å². The van der Waals surface area contributed by atoms with Crippen LogP contribution in [0, 0.1) is 5.41 Å². The number of carbonyl (C=O) groups is 3. The van der Waals surface area contributed by atoms with Gasteiger partial charge in [0, 0.05) is 6.08 Å². The molecular weight excluding hydrogens is 334 g/mol. The van der Waals surface area contributed by atoms with Crippen molar-refractivity contribution in [3.8, 4) is 0 Å². The maximum Gasteiger partial charge on any atom is 0.352 e. The van der Waals surface area contributed by atoms with Gasteiger partial charge in [0.1, 0.15) is 5.69 Å². The Labute approximate surface area is 144 Å². The second-order valence-electron chi connectivity index (χ2n) is 6.62. The van der Waals surface area contributed by atoms with Crippen molar-refractivity contribution in [2.75, 3.05) is 0 Å². The molecule has 124 valence electrons. The predicted molar refractivity (Wildman–Crippen MR) is 92.7 cm³/mol. The van der Waals surface area contributed by atoms with Gasteiger partial charge in [-0.3, -0.25) is 14.2 Å². The first kappa shape index (κ1) is 17.9. The molecule has 2 rings (SSSR count). The lowest BCUT2D eigenvalue weighted by atomic mass is 9.88. The molecule has 0 aromatic carbocycles. The maximum absolute atomic E-state index is 12.6. The van der Waals surface area contributed by atoms with E-state index in [9.17, 15) is 14.4 Å². The number of carboxylic acid groups (broad SMARTS) is 1. The van der Waals surface area contributed by atoms with Gasteiger partial charge >= 0.3 is 5.97 Å². The van der Waals surface area contributed by atoms with Gasteiger partial charge in [0.05, 0.1) is 15.5 Å². The van der Waals surface area contributed by atoms with Crippen LogP contribution in [0.15, 0.2) is 29.3 Å². The van der Waals surface area contributed by atoms with Gasteiger partial charge in [-0.05, 0) is 24.0 Å².